The van der Waals surface area contributed by atoms with Gasteiger partial charge in [0, 0.05) is 13.1 Å². The van der Waals surface area contributed by atoms with E-state index in [0.29, 0.717) is 5.46 Å². The highest BCUT2D eigenvalue weighted by molar-refractivity contribution is 6.58. The van der Waals surface area contributed by atoms with Crippen LogP contribution in [0.3, 0.4) is 0 Å². The molecule has 86 valence electrons. The SMILES string of the molecule is CN(Cc1ccc(B(O)O)cc1)CC1CC1. The summed E-state index contributed by atoms with van der Waals surface area (Å²) in [6.07, 6.45) is 2.75. The molecule has 0 aliphatic heterocycles. The molecule has 3 nitrogen and oxygen atoms in total. The summed E-state index contributed by atoms with van der Waals surface area (Å²) in [4.78, 5) is 2.32. The maximum atomic E-state index is 8.97. The van der Waals surface area contributed by atoms with Gasteiger partial charge in [0.15, 0.2) is 0 Å². The number of nitrogens with zero attached hydrogens (tertiary/aromatic N) is 1. The molecule has 0 amide bonds. The van der Waals surface area contributed by atoms with Gasteiger partial charge in [-0.2, -0.15) is 0 Å². The molecule has 1 aromatic carbocycles. The zero-order valence-electron chi connectivity index (χ0n) is 9.63. The van der Waals surface area contributed by atoms with Crippen molar-refractivity contribution in [1.82, 2.24) is 4.90 Å². The van der Waals surface area contributed by atoms with Gasteiger partial charge in [-0.1, -0.05) is 24.3 Å². The summed E-state index contributed by atoms with van der Waals surface area (Å²) < 4.78 is 0. The van der Waals surface area contributed by atoms with Gasteiger partial charge in [-0.3, -0.25) is 0 Å². The first-order chi connectivity index (χ1) is 7.65. The van der Waals surface area contributed by atoms with Gasteiger partial charge < -0.3 is 14.9 Å². The van der Waals surface area contributed by atoms with Crippen LogP contribution in [-0.4, -0.2) is 35.7 Å². The number of hydrogen-bond donors (Lipinski definition) is 2. The van der Waals surface area contributed by atoms with E-state index in [-0.39, 0.29) is 0 Å². The topological polar surface area (TPSA) is 43.7 Å². The van der Waals surface area contributed by atoms with Crippen molar-refractivity contribution >= 4 is 12.6 Å². The highest BCUT2D eigenvalue weighted by atomic mass is 16.4. The summed E-state index contributed by atoms with van der Waals surface area (Å²) in [6, 6.07) is 7.45. The van der Waals surface area contributed by atoms with Gasteiger partial charge in [-0.15, -0.1) is 0 Å². The lowest BCUT2D eigenvalue weighted by Crippen LogP contribution is -2.29. The fourth-order valence-electron chi connectivity index (χ4n) is 1.91. The summed E-state index contributed by atoms with van der Waals surface area (Å²) in [7, 11) is 0.769. The minimum Gasteiger partial charge on any atom is -0.423 e. The molecule has 0 unspecified atom stereocenters. The lowest BCUT2D eigenvalue weighted by molar-refractivity contribution is 0.313. The monoisotopic (exact) mass is 219 g/mol. The Hall–Kier alpha value is -0.835. The van der Waals surface area contributed by atoms with Gasteiger partial charge in [0.1, 0.15) is 0 Å². The fraction of sp³-hybridized carbons (Fsp3) is 0.500. The average molecular weight is 219 g/mol. The molecule has 1 fully saturated rings. The van der Waals surface area contributed by atoms with Crippen molar-refractivity contribution in [3.8, 4) is 0 Å². The van der Waals surface area contributed by atoms with E-state index in [9.17, 15) is 0 Å². The van der Waals surface area contributed by atoms with Crippen molar-refractivity contribution in [1.29, 1.82) is 0 Å². The van der Waals surface area contributed by atoms with E-state index >= 15 is 0 Å². The van der Waals surface area contributed by atoms with Gasteiger partial charge >= 0.3 is 7.12 Å². The summed E-state index contributed by atoms with van der Waals surface area (Å²) in [5.74, 6) is 0.906. The Morgan fingerprint density at radius 3 is 2.38 bits per heavy atom. The lowest BCUT2D eigenvalue weighted by Gasteiger charge is -2.16. The average Bonchev–Trinajstić information content (AvgIpc) is 3.02. The zero-order valence-corrected chi connectivity index (χ0v) is 9.63. The third-order valence-corrected chi connectivity index (χ3v) is 3.00. The van der Waals surface area contributed by atoms with Crippen LogP contribution in [0, 0.1) is 5.92 Å². The van der Waals surface area contributed by atoms with Gasteiger partial charge in [-0.25, -0.2) is 0 Å². The quantitative estimate of drug-likeness (QED) is 0.695. The van der Waals surface area contributed by atoms with E-state index in [2.05, 4.69) is 11.9 Å². The van der Waals surface area contributed by atoms with Crippen LogP contribution >= 0.6 is 0 Å². The molecular weight excluding hydrogens is 201 g/mol. The molecule has 2 N–H and O–H groups in total. The first-order valence-corrected chi connectivity index (χ1v) is 5.78. The third kappa shape index (κ3) is 3.34. The second-order valence-corrected chi connectivity index (χ2v) is 4.76. The lowest BCUT2D eigenvalue weighted by atomic mass is 9.80. The Morgan fingerprint density at radius 2 is 1.88 bits per heavy atom. The molecule has 1 aromatic rings. The summed E-state index contributed by atoms with van der Waals surface area (Å²) in [5.41, 5.74) is 1.76. The van der Waals surface area contributed by atoms with E-state index in [1.807, 2.05) is 12.1 Å². The fourth-order valence-corrected chi connectivity index (χ4v) is 1.91. The van der Waals surface area contributed by atoms with Crippen LogP contribution in [0.5, 0.6) is 0 Å². The molecule has 0 bridgehead atoms. The molecule has 0 atom stereocenters. The Balaban J connectivity index is 1.88. The van der Waals surface area contributed by atoms with Crippen molar-refractivity contribution in [3.63, 3.8) is 0 Å². The van der Waals surface area contributed by atoms with Crippen LogP contribution in [-0.2, 0) is 6.54 Å². The van der Waals surface area contributed by atoms with Gasteiger partial charge in [0.2, 0.25) is 0 Å². The molecule has 4 heteroatoms. The van der Waals surface area contributed by atoms with Crippen molar-refractivity contribution in [2.75, 3.05) is 13.6 Å². The molecule has 1 saturated carbocycles. The van der Waals surface area contributed by atoms with Crippen molar-refractivity contribution in [2.24, 2.45) is 5.92 Å². The van der Waals surface area contributed by atoms with Gasteiger partial charge in [-0.05, 0) is 36.8 Å². The van der Waals surface area contributed by atoms with Crippen LogP contribution in [0.25, 0.3) is 0 Å². The van der Waals surface area contributed by atoms with Gasteiger partial charge in [0.05, 0.1) is 0 Å². The predicted octanol–water partition coefficient (Wildman–Crippen LogP) is 0.208. The van der Waals surface area contributed by atoms with Crippen molar-refractivity contribution in [2.45, 2.75) is 19.4 Å². The molecular formula is C12H18BNO2. The normalized spacial score (nSPS) is 15.5. The first-order valence-electron chi connectivity index (χ1n) is 5.78. The molecule has 2 rings (SSSR count). The van der Waals surface area contributed by atoms with E-state index in [1.54, 1.807) is 12.1 Å². The number of benzene rings is 1. The highest BCUT2D eigenvalue weighted by Crippen LogP contribution is 2.29. The second-order valence-electron chi connectivity index (χ2n) is 4.76. The summed E-state index contributed by atoms with van der Waals surface area (Å²) in [6.45, 7) is 2.10. The Morgan fingerprint density at radius 1 is 1.25 bits per heavy atom. The first kappa shape index (κ1) is 11.6. The Labute approximate surface area is 96.9 Å². The molecule has 1 aliphatic rings. The van der Waals surface area contributed by atoms with Crippen LogP contribution < -0.4 is 5.46 Å². The van der Waals surface area contributed by atoms with Gasteiger partial charge in [0.25, 0.3) is 0 Å². The molecule has 0 spiro atoms. The minimum atomic E-state index is -1.36. The largest absolute Gasteiger partial charge is 0.488 e. The van der Waals surface area contributed by atoms with Crippen LogP contribution in [0.2, 0.25) is 0 Å². The van der Waals surface area contributed by atoms with E-state index in [1.165, 1.54) is 24.9 Å². The third-order valence-electron chi connectivity index (χ3n) is 3.00. The van der Waals surface area contributed by atoms with E-state index in [0.717, 1.165) is 12.5 Å². The highest BCUT2D eigenvalue weighted by Gasteiger charge is 2.22. The molecule has 0 radical (unpaired) electrons. The molecule has 16 heavy (non-hydrogen) atoms. The molecule has 0 aromatic heterocycles. The Bertz CT molecular complexity index is 335. The molecule has 0 heterocycles. The molecule has 1 aliphatic carbocycles. The second kappa shape index (κ2) is 5.00. The minimum absolute atomic E-state index is 0.550. The van der Waals surface area contributed by atoms with Crippen LogP contribution in [0.15, 0.2) is 24.3 Å². The van der Waals surface area contributed by atoms with Crippen LogP contribution in [0.1, 0.15) is 18.4 Å². The summed E-state index contributed by atoms with van der Waals surface area (Å²) >= 11 is 0. The molecule has 0 saturated heterocycles. The Kier molecular flexibility index (Phi) is 3.64. The van der Waals surface area contributed by atoms with E-state index in [4.69, 9.17) is 10.0 Å². The number of rotatable bonds is 5. The summed E-state index contributed by atoms with van der Waals surface area (Å²) in [5, 5.41) is 17.9. The number of hydrogen-bond acceptors (Lipinski definition) is 3. The maximum absolute atomic E-state index is 8.97. The zero-order chi connectivity index (χ0) is 11.5. The standard InChI is InChI=1S/C12H18BNO2/c1-14(8-10-2-3-10)9-11-4-6-12(7-5-11)13(15)16/h4-7,10,15-16H,2-3,8-9H2,1H3. The van der Waals surface area contributed by atoms with Crippen molar-refractivity contribution < 1.29 is 10.0 Å². The van der Waals surface area contributed by atoms with Crippen LogP contribution in [0.4, 0.5) is 0 Å². The van der Waals surface area contributed by atoms with E-state index < -0.39 is 7.12 Å². The van der Waals surface area contributed by atoms with Crippen molar-refractivity contribution in [3.05, 3.63) is 29.8 Å². The predicted molar refractivity (Wildman–Crippen MR) is 65.3 cm³/mol. The maximum Gasteiger partial charge on any atom is 0.488 e. The smallest absolute Gasteiger partial charge is 0.423 e.